The molecule has 1 fully saturated rings. The third kappa shape index (κ3) is 5.51. The molecule has 2 N–H and O–H groups in total. The van der Waals surface area contributed by atoms with Crippen LogP contribution in [0.3, 0.4) is 0 Å². The standard InChI is InChI=1S/C20H25FN4O/c21-17-9-7-15(8-10-17)11-12-22-19(26)16-13-23-20(24-14-16)25-18-5-3-1-2-4-6-18/h7-10,13-14,18H,1-6,11-12H2,(H,22,26)(H,23,24,25). The van der Waals surface area contributed by atoms with Gasteiger partial charge in [0.05, 0.1) is 5.56 Å². The van der Waals surface area contributed by atoms with Crippen LogP contribution in [0.25, 0.3) is 0 Å². The summed E-state index contributed by atoms with van der Waals surface area (Å²) in [5.41, 5.74) is 1.42. The number of carbonyl (C=O) groups excluding carboxylic acids is 1. The van der Waals surface area contributed by atoms with Crippen LogP contribution in [0.1, 0.15) is 54.4 Å². The number of aromatic nitrogens is 2. The number of anilines is 1. The lowest BCUT2D eigenvalue weighted by molar-refractivity contribution is 0.0953. The van der Waals surface area contributed by atoms with E-state index in [1.807, 2.05) is 0 Å². The van der Waals surface area contributed by atoms with Gasteiger partial charge in [0.25, 0.3) is 5.91 Å². The molecule has 1 aliphatic rings. The van der Waals surface area contributed by atoms with Gasteiger partial charge in [-0.05, 0) is 37.0 Å². The molecule has 2 aromatic rings. The summed E-state index contributed by atoms with van der Waals surface area (Å²) in [7, 11) is 0. The highest BCUT2D eigenvalue weighted by atomic mass is 19.1. The lowest BCUT2D eigenvalue weighted by Gasteiger charge is -2.15. The minimum absolute atomic E-state index is 0.201. The first-order valence-electron chi connectivity index (χ1n) is 9.32. The van der Waals surface area contributed by atoms with Gasteiger partial charge in [-0.1, -0.05) is 37.8 Å². The number of hydrogen-bond acceptors (Lipinski definition) is 4. The molecule has 26 heavy (non-hydrogen) atoms. The van der Waals surface area contributed by atoms with Crippen molar-refractivity contribution >= 4 is 11.9 Å². The summed E-state index contributed by atoms with van der Waals surface area (Å²) in [5, 5.41) is 6.21. The number of amides is 1. The number of benzene rings is 1. The van der Waals surface area contributed by atoms with Crippen molar-refractivity contribution in [3.05, 3.63) is 53.6 Å². The molecule has 0 atom stereocenters. The molecule has 1 heterocycles. The Morgan fingerprint density at radius 2 is 1.69 bits per heavy atom. The maximum Gasteiger partial charge on any atom is 0.254 e. The van der Waals surface area contributed by atoms with Crippen molar-refractivity contribution in [2.45, 2.75) is 51.0 Å². The quantitative estimate of drug-likeness (QED) is 0.774. The van der Waals surface area contributed by atoms with Gasteiger partial charge >= 0.3 is 0 Å². The van der Waals surface area contributed by atoms with E-state index in [9.17, 15) is 9.18 Å². The number of carbonyl (C=O) groups is 1. The van der Waals surface area contributed by atoms with Crippen molar-refractivity contribution in [1.29, 1.82) is 0 Å². The molecule has 0 aliphatic heterocycles. The summed E-state index contributed by atoms with van der Waals surface area (Å²) in [4.78, 5) is 20.7. The molecule has 0 bridgehead atoms. The number of nitrogens with zero attached hydrogens (tertiary/aromatic N) is 2. The Morgan fingerprint density at radius 3 is 2.35 bits per heavy atom. The monoisotopic (exact) mass is 356 g/mol. The molecule has 1 aromatic heterocycles. The summed E-state index contributed by atoms with van der Waals surface area (Å²) in [6.07, 6.45) is 11.1. The maximum atomic E-state index is 12.9. The second-order valence-electron chi connectivity index (χ2n) is 6.76. The van der Waals surface area contributed by atoms with Crippen LogP contribution < -0.4 is 10.6 Å². The Kier molecular flexibility index (Phi) is 6.52. The van der Waals surface area contributed by atoms with Gasteiger partial charge in [0.1, 0.15) is 5.82 Å². The van der Waals surface area contributed by atoms with Gasteiger partial charge in [-0.25, -0.2) is 14.4 Å². The molecule has 1 saturated carbocycles. The van der Waals surface area contributed by atoms with Crippen molar-refractivity contribution in [3.8, 4) is 0 Å². The van der Waals surface area contributed by atoms with Crippen molar-refractivity contribution in [2.75, 3.05) is 11.9 Å². The molecular formula is C20H25FN4O. The Labute approximate surface area is 153 Å². The molecule has 1 aromatic carbocycles. The van der Waals surface area contributed by atoms with Crippen LogP contribution in [0.15, 0.2) is 36.7 Å². The number of hydrogen-bond donors (Lipinski definition) is 2. The minimum Gasteiger partial charge on any atom is -0.352 e. The zero-order chi connectivity index (χ0) is 18.2. The van der Waals surface area contributed by atoms with Gasteiger partial charge in [0.2, 0.25) is 5.95 Å². The smallest absolute Gasteiger partial charge is 0.254 e. The summed E-state index contributed by atoms with van der Waals surface area (Å²) in [5.74, 6) is 0.125. The first kappa shape index (κ1) is 18.3. The first-order chi connectivity index (χ1) is 12.7. The number of halogens is 1. The van der Waals surface area contributed by atoms with E-state index < -0.39 is 0 Å². The highest BCUT2D eigenvalue weighted by molar-refractivity contribution is 5.93. The third-order valence-corrected chi connectivity index (χ3v) is 4.71. The first-order valence-corrected chi connectivity index (χ1v) is 9.32. The van der Waals surface area contributed by atoms with Crippen LogP contribution in [0.4, 0.5) is 10.3 Å². The minimum atomic E-state index is -0.257. The highest BCUT2D eigenvalue weighted by Gasteiger charge is 2.13. The van der Waals surface area contributed by atoms with Crippen molar-refractivity contribution in [1.82, 2.24) is 15.3 Å². The molecule has 0 saturated heterocycles. The average molecular weight is 356 g/mol. The molecule has 0 unspecified atom stereocenters. The molecule has 5 nitrogen and oxygen atoms in total. The van der Waals surface area contributed by atoms with E-state index in [-0.39, 0.29) is 11.7 Å². The highest BCUT2D eigenvalue weighted by Crippen LogP contribution is 2.19. The van der Waals surface area contributed by atoms with Crippen molar-refractivity contribution in [3.63, 3.8) is 0 Å². The molecule has 0 radical (unpaired) electrons. The fourth-order valence-electron chi connectivity index (χ4n) is 3.20. The average Bonchev–Trinajstić information content (AvgIpc) is 2.92. The summed E-state index contributed by atoms with van der Waals surface area (Å²) >= 11 is 0. The van der Waals surface area contributed by atoms with Gasteiger partial charge < -0.3 is 10.6 Å². The van der Waals surface area contributed by atoms with Crippen LogP contribution >= 0.6 is 0 Å². The van der Waals surface area contributed by atoms with Crippen LogP contribution in [-0.2, 0) is 6.42 Å². The fraction of sp³-hybridized carbons (Fsp3) is 0.450. The second kappa shape index (κ2) is 9.27. The van der Waals surface area contributed by atoms with E-state index in [1.165, 1.54) is 37.8 Å². The third-order valence-electron chi connectivity index (χ3n) is 4.71. The molecule has 3 rings (SSSR count). The predicted octanol–water partition coefficient (Wildman–Crippen LogP) is 3.72. The Balaban J connectivity index is 1.46. The van der Waals surface area contributed by atoms with E-state index in [1.54, 1.807) is 24.5 Å². The lowest BCUT2D eigenvalue weighted by Crippen LogP contribution is -2.26. The van der Waals surface area contributed by atoms with E-state index in [0.717, 1.165) is 18.4 Å². The molecule has 138 valence electrons. The second-order valence-corrected chi connectivity index (χ2v) is 6.76. The Bertz CT molecular complexity index is 695. The zero-order valence-electron chi connectivity index (χ0n) is 14.9. The molecule has 1 aliphatic carbocycles. The molecule has 0 spiro atoms. The van der Waals surface area contributed by atoms with E-state index >= 15 is 0 Å². The van der Waals surface area contributed by atoms with Crippen molar-refractivity contribution in [2.24, 2.45) is 0 Å². The molecular weight excluding hydrogens is 331 g/mol. The van der Waals surface area contributed by atoms with E-state index in [4.69, 9.17) is 0 Å². The van der Waals surface area contributed by atoms with Crippen LogP contribution in [0.2, 0.25) is 0 Å². The topological polar surface area (TPSA) is 66.9 Å². The lowest BCUT2D eigenvalue weighted by atomic mass is 10.1. The largest absolute Gasteiger partial charge is 0.352 e. The summed E-state index contributed by atoms with van der Waals surface area (Å²) in [6, 6.07) is 6.71. The number of rotatable bonds is 6. The SMILES string of the molecule is O=C(NCCc1ccc(F)cc1)c1cnc(NC2CCCCCC2)nc1. The molecule has 1 amide bonds. The van der Waals surface area contributed by atoms with Gasteiger partial charge in [0.15, 0.2) is 0 Å². The van der Waals surface area contributed by atoms with E-state index in [2.05, 4.69) is 20.6 Å². The Morgan fingerprint density at radius 1 is 1.04 bits per heavy atom. The normalized spacial score (nSPS) is 15.3. The van der Waals surface area contributed by atoms with Gasteiger partial charge in [0, 0.05) is 25.0 Å². The predicted molar refractivity (Wildman–Crippen MR) is 99.6 cm³/mol. The van der Waals surface area contributed by atoms with Gasteiger partial charge in [-0.2, -0.15) is 0 Å². The van der Waals surface area contributed by atoms with Gasteiger partial charge in [-0.15, -0.1) is 0 Å². The van der Waals surface area contributed by atoms with Crippen LogP contribution in [0, 0.1) is 5.82 Å². The number of nitrogens with one attached hydrogen (secondary N) is 2. The van der Waals surface area contributed by atoms with Crippen molar-refractivity contribution < 1.29 is 9.18 Å². The summed E-state index contributed by atoms with van der Waals surface area (Å²) in [6.45, 7) is 0.479. The van der Waals surface area contributed by atoms with Gasteiger partial charge in [-0.3, -0.25) is 4.79 Å². The maximum absolute atomic E-state index is 12.9. The van der Waals surface area contributed by atoms with Crippen LogP contribution in [0.5, 0.6) is 0 Å². The Hall–Kier alpha value is -2.50. The molecule has 6 heteroatoms. The zero-order valence-corrected chi connectivity index (χ0v) is 14.9. The summed E-state index contributed by atoms with van der Waals surface area (Å²) < 4.78 is 12.9. The fourth-order valence-corrected chi connectivity index (χ4v) is 3.20. The van der Waals surface area contributed by atoms with Crippen LogP contribution in [-0.4, -0.2) is 28.5 Å². The van der Waals surface area contributed by atoms with E-state index in [0.29, 0.717) is 30.5 Å².